The molecule has 2 amide bonds. The molecule has 0 aliphatic heterocycles. The Kier molecular flexibility index (Phi) is 20.9. The number of benzene rings is 1. The number of aryl methyl sites for hydroxylation is 1. The number of amidine groups is 1. The van der Waals surface area contributed by atoms with Crippen LogP contribution in [0.4, 0.5) is 0 Å². The molecule has 0 fully saturated rings. The molecule has 0 spiro atoms. The SMILES string of the molecule is NC(=O)c1nc(Cl)cnc1C(N)=NCCCCc1ccc(C[C@H](NCCCN(C[C@H](O)[C@@H](O)[C@H](O)[C@H](O)CO)C[C@H](O)[C@@H](O)[C@H](O)[C@H](O)CO)C(N)=O)c2c1CCCC2. The number of hydrogen-bond acceptors (Lipinski definition) is 17. The lowest BCUT2D eigenvalue weighted by Gasteiger charge is -2.33. The molecule has 20 nitrogen and oxygen atoms in total. The summed E-state index contributed by atoms with van der Waals surface area (Å²) in [6.07, 6.45) is -6.60. The topological polar surface area (TPSA) is 368 Å². The summed E-state index contributed by atoms with van der Waals surface area (Å²) < 4.78 is 0. The van der Waals surface area contributed by atoms with Gasteiger partial charge in [-0.25, -0.2) is 9.97 Å². The standard InChI is InChI=1S/C38H61ClN8O12/c39-29-15-45-30(31(46-29)38(42)59)36(40)44-11-4-3-6-20-9-10-21(23-8-2-1-7-22(20)23)14-24(37(41)58)43-12-5-13-47(16-25(50)32(54)34(56)27(52)18-48)17-26(51)33(55)35(57)28(53)19-49/h9-10,15,24-28,32-35,43,48-57H,1-8,11-14,16-19H2,(H2,40,44)(H2,41,58)(H2,42,59)/t24-,25-,26-,27+,28+,32+,33+,34+,35+/m0/s1. The number of unbranched alkanes of at least 4 members (excludes halogenated alkanes) is 1. The fourth-order valence-electron chi connectivity index (χ4n) is 7.07. The summed E-state index contributed by atoms with van der Waals surface area (Å²) in [7, 11) is 0. The summed E-state index contributed by atoms with van der Waals surface area (Å²) in [6.45, 7) is -1.90. The normalized spacial score (nSPS) is 18.0. The van der Waals surface area contributed by atoms with Crippen LogP contribution in [0.2, 0.25) is 5.15 Å². The van der Waals surface area contributed by atoms with E-state index >= 15 is 0 Å². The van der Waals surface area contributed by atoms with E-state index in [4.69, 9.17) is 39.0 Å². The van der Waals surface area contributed by atoms with Crippen molar-refractivity contribution in [1.82, 2.24) is 20.2 Å². The number of nitrogens with two attached hydrogens (primary N) is 3. The number of primary amides is 2. The molecule has 1 aliphatic carbocycles. The molecule has 9 atom stereocenters. The Morgan fingerprint density at radius 3 is 1.86 bits per heavy atom. The monoisotopic (exact) mass is 856 g/mol. The van der Waals surface area contributed by atoms with Gasteiger partial charge in [-0.15, -0.1) is 0 Å². The van der Waals surface area contributed by atoms with Gasteiger partial charge in [0, 0.05) is 19.6 Å². The molecule has 0 saturated carbocycles. The van der Waals surface area contributed by atoms with Gasteiger partial charge >= 0.3 is 0 Å². The second-order valence-corrected chi connectivity index (χ2v) is 15.2. The molecule has 0 saturated heterocycles. The number of halogens is 1. The highest BCUT2D eigenvalue weighted by Gasteiger charge is 2.34. The molecule has 0 bridgehead atoms. The van der Waals surface area contributed by atoms with Gasteiger partial charge < -0.3 is 73.6 Å². The molecule has 0 radical (unpaired) electrons. The highest BCUT2D eigenvalue weighted by Crippen LogP contribution is 2.30. The maximum absolute atomic E-state index is 12.7. The summed E-state index contributed by atoms with van der Waals surface area (Å²) in [5, 5.41) is 103. The van der Waals surface area contributed by atoms with Crippen molar-refractivity contribution in [2.75, 3.05) is 45.9 Å². The van der Waals surface area contributed by atoms with Crippen LogP contribution >= 0.6 is 11.6 Å². The second-order valence-electron chi connectivity index (χ2n) is 14.8. The molecule has 59 heavy (non-hydrogen) atoms. The molecule has 3 rings (SSSR count). The average Bonchev–Trinajstić information content (AvgIpc) is 3.22. The van der Waals surface area contributed by atoms with Crippen LogP contribution in [0, 0.1) is 0 Å². The van der Waals surface area contributed by atoms with Gasteiger partial charge in [0.2, 0.25) is 5.91 Å². The first-order valence-corrected chi connectivity index (χ1v) is 20.0. The highest BCUT2D eigenvalue weighted by molar-refractivity contribution is 6.29. The number of aliphatic imine (C=N–C) groups is 1. The second kappa shape index (κ2) is 24.7. The first-order chi connectivity index (χ1) is 28.0. The van der Waals surface area contributed by atoms with Gasteiger partial charge in [0.1, 0.15) is 53.3 Å². The zero-order valence-electron chi connectivity index (χ0n) is 32.9. The van der Waals surface area contributed by atoms with Crippen LogP contribution in [0.1, 0.15) is 70.5 Å². The largest absolute Gasteiger partial charge is 0.394 e. The third-order valence-electron chi connectivity index (χ3n) is 10.4. The maximum atomic E-state index is 12.7. The van der Waals surface area contributed by atoms with Crippen molar-refractivity contribution in [3.8, 4) is 0 Å². The van der Waals surface area contributed by atoms with E-state index in [9.17, 15) is 50.4 Å². The van der Waals surface area contributed by atoms with Crippen LogP contribution in [0.25, 0.3) is 0 Å². The van der Waals surface area contributed by atoms with Gasteiger partial charge in [-0.3, -0.25) is 19.5 Å². The summed E-state index contributed by atoms with van der Waals surface area (Å²) in [6, 6.07) is 3.33. The molecule has 21 heteroatoms. The fraction of sp³-hybridized carbons (Fsp3) is 0.658. The Labute approximate surface area is 347 Å². The lowest BCUT2D eigenvalue weighted by atomic mass is 9.82. The van der Waals surface area contributed by atoms with Crippen LogP contribution in [0.5, 0.6) is 0 Å². The van der Waals surface area contributed by atoms with Crippen LogP contribution in [-0.2, 0) is 30.5 Å². The average molecular weight is 857 g/mol. The molecule has 1 aromatic carbocycles. The first-order valence-electron chi connectivity index (χ1n) is 19.7. The molecule has 2 aromatic rings. The van der Waals surface area contributed by atoms with Crippen molar-refractivity contribution in [2.45, 2.75) is 113 Å². The van der Waals surface area contributed by atoms with E-state index in [1.165, 1.54) is 27.8 Å². The Balaban J connectivity index is 1.63. The molecular formula is C38H61ClN8O12. The fourth-order valence-corrected chi connectivity index (χ4v) is 7.20. The number of aliphatic hydroxyl groups is 10. The summed E-state index contributed by atoms with van der Waals surface area (Å²) in [5.41, 5.74) is 21.9. The summed E-state index contributed by atoms with van der Waals surface area (Å²) >= 11 is 5.83. The molecule has 17 N–H and O–H groups in total. The van der Waals surface area contributed by atoms with Crippen molar-refractivity contribution in [2.24, 2.45) is 22.2 Å². The van der Waals surface area contributed by atoms with Gasteiger partial charge in [0.25, 0.3) is 5.91 Å². The van der Waals surface area contributed by atoms with E-state index in [1.54, 1.807) is 0 Å². The number of nitrogens with zero attached hydrogens (tertiary/aromatic N) is 4. The number of aromatic nitrogens is 2. The van der Waals surface area contributed by atoms with Crippen LogP contribution in [0.3, 0.4) is 0 Å². The van der Waals surface area contributed by atoms with Crippen LogP contribution < -0.4 is 22.5 Å². The van der Waals surface area contributed by atoms with Crippen molar-refractivity contribution in [1.29, 1.82) is 0 Å². The first kappa shape index (κ1) is 49.9. The molecular weight excluding hydrogens is 796 g/mol. The predicted molar refractivity (Wildman–Crippen MR) is 215 cm³/mol. The Morgan fingerprint density at radius 2 is 1.32 bits per heavy atom. The van der Waals surface area contributed by atoms with Gasteiger partial charge in [0.05, 0.1) is 37.7 Å². The number of hydrogen-bond donors (Lipinski definition) is 14. The van der Waals surface area contributed by atoms with E-state index in [0.29, 0.717) is 19.4 Å². The van der Waals surface area contributed by atoms with Crippen molar-refractivity contribution < 1.29 is 60.7 Å². The minimum Gasteiger partial charge on any atom is -0.394 e. The number of amides is 2. The lowest BCUT2D eigenvalue weighted by Crippen LogP contribution is -2.53. The Morgan fingerprint density at radius 1 is 0.780 bits per heavy atom. The quantitative estimate of drug-likeness (QED) is 0.0228. The summed E-state index contributed by atoms with van der Waals surface area (Å²) in [5.74, 6) is -1.36. The summed E-state index contributed by atoms with van der Waals surface area (Å²) in [4.78, 5) is 38.1. The molecule has 1 heterocycles. The van der Waals surface area contributed by atoms with E-state index in [0.717, 1.165) is 44.1 Å². The number of aliphatic hydroxyl groups excluding tert-OH is 10. The minimum atomic E-state index is -1.91. The van der Waals surface area contributed by atoms with E-state index < -0.39 is 93.0 Å². The third kappa shape index (κ3) is 14.9. The molecule has 0 unspecified atom stereocenters. The van der Waals surface area contributed by atoms with E-state index in [1.807, 2.05) is 6.07 Å². The number of fused-ring (bicyclic) bond motifs is 1. The van der Waals surface area contributed by atoms with Crippen molar-refractivity contribution in [3.63, 3.8) is 0 Å². The van der Waals surface area contributed by atoms with Crippen molar-refractivity contribution >= 4 is 29.3 Å². The van der Waals surface area contributed by atoms with Gasteiger partial charge in [-0.1, -0.05) is 23.7 Å². The molecule has 1 aliphatic rings. The predicted octanol–water partition coefficient (Wildman–Crippen LogP) is -4.61. The van der Waals surface area contributed by atoms with Gasteiger partial charge in [-0.2, -0.15) is 0 Å². The third-order valence-corrected chi connectivity index (χ3v) is 10.6. The lowest BCUT2D eigenvalue weighted by molar-refractivity contribution is -0.130. The van der Waals surface area contributed by atoms with E-state index in [-0.39, 0.29) is 41.9 Å². The van der Waals surface area contributed by atoms with Crippen molar-refractivity contribution in [3.05, 3.63) is 57.1 Å². The Bertz CT molecular complexity index is 1650. The maximum Gasteiger partial charge on any atom is 0.269 e. The number of carbonyl (C=O) groups excluding carboxylic acids is 2. The van der Waals surface area contributed by atoms with E-state index in [2.05, 4.69) is 26.3 Å². The van der Waals surface area contributed by atoms with Gasteiger partial charge in [-0.05, 0) is 93.1 Å². The van der Waals surface area contributed by atoms with Crippen LogP contribution in [0.15, 0.2) is 23.3 Å². The molecule has 332 valence electrons. The minimum absolute atomic E-state index is 0.00817. The van der Waals surface area contributed by atoms with Gasteiger partial charge in [0.15, 0.2) is 5.69 Å². The number of carbonyl (C=O) groups is 2. The number of rotatable bonds is 27. The Hall–Kier alpha value is -3.48. The molecule has 1 aromatic heterocycles. The number of nitrogens with one attached hydrogen (secondary N) is 1. The smallest absolute Gasteiger partial charge is 0.269 e. The van der Waals surface area contributed by atoms with Crippen LogP contribution in [-0.4, -0.2) is 184 Å². The highest BCUT2D eigenvalue weighted by atomic mass is 35.5. The zero-order valence-corrected chi connectivity index (χ0v) is 33.7. The zero-order chi connectivity index (χ0) is 43.8.